The third-order valence-corrected chi connectivity index (χ3v) is 2.42. The summed E-state index contributed by atoms with van der Waals surface area (Å²) in [5.74, 6) is -1.53. The van der Waals surface area contributed by atoms with Gasteiger partial charge in [0.25, 0.3) is 0 Å². The second-order valence-electron chi connectivity index (χ2n) is 3.49. The third-order valence-electron chi connectivity index (χ3n) is 2.19. The zero-order valence-corrected chi connectivity index (χ0v) is 9.55. The van der Waals surface area contributed by atoms with Crippen molar-refractivity contribution in [2.24, 2.45) is 0 Å². The smallest absolute Gasteiger partial charge is 0.162 e. The van der Waals surface area contributed by atoms with Gasteiger partial charge in [-0.15, -0.1) is 0 Å². The van der Waals surface area contributed by atoms with Gasteiger partial charge in [0.15, 0.2) is 11.6 Å². The number of halogens is 3. The van der Waals surface area contributed by atoms with E-state index in [1.54, 1.807) is 18.2 Å². The molecule has 4 heteroatoms. The van der Waals surface area contributed by atoms with Crippen molar-refractivity contribution >= 4 is 11.6 Å². The molecule has 2 aromatic carbocycles. The van der Waals surface area contributed by atoms with Crippen LogP contribution in [-0.2, 0) is 6.61 Å². The number of ether oxygens (including phenoxy) is 1. The lowest BCUT2D eigenvalue weighted by Gasteiger charge is -2.06. The molecule has 0 N–H and O–H groups in total. The minimum absolute atomic E-state index is 0.256. The summed E-state index contributed by atoms with van der Waals surface area (Å²) in [4.78, 5) is 0. The van der Waals surface area contributed by atoms with Crippen molar-refractivity contribution in [3.63, 3.8) is 0 Å². The Morgan fingerprint density at radius 2 is 1.82 bits per heavy atom. The van der Waals surface area contributed by atoms with E-state index < -0.39 is 11.6 Å². The van der Waals surface area contributed by atoms with Crippen LogP contribution in [0.3, 0.4) is 0 Å². The van der Waals surface area contributed by atoms with Crippen LogP contribution in [0.2, 0.25) is 5.02 Å². The van der Waals surface area contributed by atoms with Crippen molar-refractivity contribution in [1.82, 2.24) is 0 Å². The normalized spacial score (nSPS) is 10.3. The van der Waals surface area contributed by atoms with Crippen LogP contribution < -0.4 is 4.74 Å². The minimum Gasteiger partial charge on any atom is -0.489 e. The molecule has 1 nitrogen and oxygen atoms in total. The van der Waals surface area contributed by atoms with Crippen LogP contribution in [-0.4, -0.2) is 0 Å². The molecule has 0 bridgehead atoms. The Morgan fingerprint density at radius 1 is 1.00 bits per heavy atom. The lowest BCUT2D eigenvalue weighted by Crippen LogP contribution is -1.96. The summed E-state index contributed by atoms with van der Waals surface area (Å²) in [7, 11) is 0. The summed E-state index contributed by atoms with van der Waals surface area (Å²) in [6.45, 7) is 0.256. The molecule has 0 amide bonds. The van der Waals surface area contributed by atoms with Crippen LogP contribution in [0.1, 0.15) is 5.56 Å². The zero-order valence-electron chi connectivity index (χ0n) is 8.79. The predicted octanol–water partition coefficient (Wildman–Crippen LogP) is 4.20. The zero-order chi connectivity index (χ0) is 12.3. The Kier molecular flexibility index (Phi) is 3.59. The van der Waals surface area contributed by atoms with E-state index in [0.29, 0.717) is 5.02 Å². The third kappa shape index (κ3) is 3.17. The second-order valence-corrected chi connectivity index (χ2v) is 3.93. The molecule has 0 heterocycles. The van der Waals surface area contributed by atoms with E-state index in [2.05, 4.69) is 0 Å². The highest BCUT2D eigenvalue weighted by Crippen LogP contribution is 2.18. The number of hydrogen-bond donors (Lipinski definition) is 0. The first-order chi connectivity index (χ1) is 8.15. The van der Waals surface area contributed by atoms with E-state index in [0.717, 1.165) is 17.7 Å². The lowest BCUT2D eigenvalue weighted by atomic mass is 10.2. The van der Waals surface area contributed by atoms with E-state index in [1.807, 2.05) is 6.07 Å². The summed E-state index contributed by atoms with van der Waals surface area (Å²) in [5.41, 5.74) is 0.863. The molecular formula is C13H9ClF2O. The van der Waals surface area contributed by atoms with Crippen LogP contribution >= 0.6 is 11.6 Å². The Bertz CT molecular complexity index is 529. The van der Waals surface area contributed by atoms with E-state index in [9.17, 15) is 8.78 Å². The van der Waals surface area contributed by atoms with E-state index in [-0.39, 0.29) is 12.4 Å². The maximum atomic E-state index is 12.9. The van der Waals surface area contributed by atoms with Gasteiger partial charge in [0, 0.05) is 11.1 Å². The molecule has 0 aliphatic carbocycles. The SMILES string of the molecule is Fc1ccc(OCc2cccc(Cl)c2)cc1F. The molecule has 0 aliphatic heterocycles. The molecule has 0 saturated carbocycles. The molecule has 0 saturated heterocycles. The summed E-state index contributed by atoms with van der Waals surface area (Å²) in [6, 6.07) is 10.6. The van der Waals surface area contributed by atoms with Gasteiger partial charge in [-0.2, -0.15) is 0 Å². The number of rotatable bonds is 3. The molecular weight excluding hydrogens is 246 g/mol. The van der Waals surface area contributed by atoms with Gasteiger partial charge in [0.05, 0.1) is 0 Å². The molecule has 17 heavy (non-hydrogen) atoms. The van der Waals surface area contributed by atoms with Gasteiger partial charge in [-0.1, -0.05) is 23.7 Å². The molecule has 0 fully saturated rings. The first kappa shape index (κ1) is 11.9. The average molecular weight is 255 g/mol. The molecule has 0 aliphatic rings. The van der Waals surface area contributed by atoms with Crippen molar-refractivity contribution in [3.8, 4) is 5.75 Å². The molecule has 2 rings (SSSR count). The van der Waals surface area contributed by atoms with Gasteiger partial charge in [0.1, 0.15) is 12.4 Å². The van der Waals surface area contributed by atoms with Crippen LogP contribution in [0, 0.1) is 11.6 Å². The van der Waals surface area contributed by atoms with E-state index in [4.69, 9.17) is 16.3 Å². The van der Waals surface area contributed by atoms with Crippen molar-refractivity contribution < 1.29 is 13.5 Å². The maximum absolute atomic E-state index is 12.9. The Balaban J connectivity index is 2.05. The molecule has 0 spiro atoms. The molecule has 0 radical (unpaired) electrons. The standard InChI is InChI=1S/C13H9ClF2O/c14-10-3-1-2-9(6-10)8-17-11-4-5-12(15)13(16)7-11/h1-7H,8H2. The van der Waals surface area contributed by atoms with E-state index >= 15 is 0 Å². The lowest BCUT2D eigenvalue weighted by molar-refractivity contribution is 0.303. The van der Waals surface area contributed by atoms with Gasteiger partial charge < -0.3 is 4.74 Å². The average Bonchev–Trinajstić information content (AvgIpc) is 2.31. The quantitative estimate of drug-likeness (QED) is 0.798. The molecule has 88 valence electrons. The van der Waals surface area contributed by atoms with Gasteiger partial charge in [-0.25, -0.2) is 8.78 Å². The van der Waals surface area contributed by atoms with Gasteiger partial charge >= 0.3 is 0 Å². The first-order valence-corrected chi connectivity index (χ1v) is 5.35. The highest BCUT2D eigenvalue weighted by Gasteiger charge is 2.03. The molecule has 0 aromatic heterocycles. The monoisotopic (exact) mass is 254 g/mol. The topological polar surface area (TPSA) is 9.23 Å². The highest BCUT2D eigenvalue weighted by molar-refractivity contribution is 6.30. The second kappa shape index (κ2) is 5.15. The van der Waals surface area contributed by atoms with Gasteiger partial charge in [-0.3, -0.25) is 0 Å². The van der Waals surface area contributed by atoms with Gasteiger partial charge in [0.2, 0.25) is 0 Å². The minimum atomic E-state index is -0.923. The fraction of sp³-hybridized carbons (Fsp3) is 0.0769. The largest absolute Gasteiger partial charge is 0.489 e. The van der Waals surface area contributed by atoms with Crippen molar-refractivity contribution in [2.45, 2.75) is 6.61 Å². The predicted molar refractivity (Wildman–Crippen MR) is 62.1 cm³/mol. The fourth-order valence-corrected chi connectivity index (χ4v) is 1.57. The Hall–Kier alpha value is -1.61. The summed E-state index contributed by atoms with van der Waals surface area (Å²) in [6.07, 6.45) is 0. The molecule has 0 atom stereocenters. The van der Waals surface area contributed by atoms with Crippen LogP contribution in [0.5, 0.6) is 5.75 Å². The molecule has 2 aromatic rings. The highest BCUT2D eigenvalue weighted by atomic mass is 35.5. The maximum Gasteiger partial charge on any atom is 0.162 e. The van der Waals surface area contributed by atoms with Crippen LogP contribution in [0.15, 0.2) is 42.5 Å². The number of hydrogen-bond acceptors (Lipinski definition) is 1. The summed E-state index contributed by atoms with van der Waals surface area (Å²) >= 11 is 5.81. The fourth-order valence-electron chi connectivity index (χ4n) is 1.36. The van der Waals surface area contributed by atoms with Crippen molar-refractivity contribution in [2.75, 3.05) is 0 Å². The Morgan fingerprint density at radius 3 is 2.53 bits per heavy atom. The first-order valence-electron chi connectivity index (χ1n) is 4.97. The van der Waals surface area contributed by atoms with Crippen molar-refractivity contribution in [1.29, 1.82) is 0 Å². The van der Waals surface area contributed by atoms with Crippen LogP contribution in [0.25, 0.3) is 0 Å². The van der Waals surface area contributed by atoms with Crippen LogP contribution in [0.4, 0.5) is 8.78 Å². The Labute approximate surface area is 103 Å². The summed E-state index contributed by atoms with van der Waals surface area (Å²) in [5, 5.41) is 0.608. The molecule has 0 unspecified atom stereocenters. The van der Waals surface area contributed by atoms with E-state index in [1.165, 1.54) is 6.07 Å². The summed E-state index contributed by atoms with van der Waals surface area (Å²) < 4.78 is 30.9. The number of benzene rings is 2. The van der Waals surface area contributed by atoms with Crippen molar-refractivity contribution in [3.05, 3.63) is 64.7 Å². The van der Waals surface area contributed by atoms with Gasteiger partial charge in [-0.05, 0) is 29.8 Å².